The predicted octanol–water partition coefficient (Wildman–Crippen LogP) is 4.64. The average Bonchev–Trinajstić information content (AvgIpc) is 3.27. The molecule has 1 N–H and O–H groups in total. The van der Waals surface area contributed by atoms with E-state index < -0.39 is 30.1 Å². The maximum atomic E-state index is 13.0. The van der Waals surface area contributed by atoms with Crippen LogP contribution in [0.25, 0.3) is 0 Å². The molecule has 2 amide bonds. The summed E-state index contributed by atoms with van der Waals surface area (Å²) in [4.78, 5) is 26.4. The third kappa shape index (κ3) is 4.90. The van der Waals surface area contributed by atoms with Crippen molar-refractivity contribution in [2.75, 3.05) is 6.61 Å². The SMILES string of the molecule is CCCCc1oc([C@@H](O)[C@H](C)C(=O)N2C(=O)OC[C@@H]2Cc2ccccc2)cc1Br. The standard InChI is InChI=1S/C22H26BrNO5/c1-3-4-10-18-17(23)12-19(29-18)20(25)14(2)21(26)24-16(13-28-22(24)27)11-15-8-6-5-7-9-15/h5-9,12,14,16,20,25H,3-4,10-11,13H2,1-2H3/t14-,16-,20-/m0/s1. The summed E-state index contributed by atoms with van der Waals surface area (Å²) < 4.78 is 11.7. The Balaban J connectivity index is 1.72. The molecule has 0 aliphatic carbocycles. The molecular formula is C22H26BrNO5. The molecule has 0 unspecified atom stereocenters. The van der Waals surface area contributed by atoms with Crippen LogP contribution < -0.4 is 0 Å². The van der Waals surface area contributed by atoms with Crippen molar-refractivity contribution in [1.82, 2.24) is 4.90 Å². The molecule has 2 heterocycles. The molecule has 0 spiro atoms. The minimum Gasteiger partial charge on any atom is -0.462 e. The lowest BCUT2D eigenvalue weighted by molar-refractivity contribution is -0.137. The zero-order chi connectivity index (χ0) is 21.0. The second-order valence-electron chi connectivity index (χ2n) is 7.39. The van der Waals surface area contributed by atoms with E-state index in [-0.39, 0.29) is 6.61 Å². The van der Waals surface area contributed by atoms with Gasteiger partial charge in [0.1, 0.15) is 24.2 Å². The smallest absolute Gasteiger partial charge is 0.416 e. The maximum absolute atomic E-state index is 13.0. The lowest BCUT2D eigenvalue weighted by Crippen LogP contribution is -2.44. The Morgan fingerprint density at radius 2 is 2.07 bits per heavy atom. The van der Waals surface area contributed by atoms with Crippen LogP contribution in [-0.2, 0) is 22.4 Å². The first-order valence-corrected chi connectivity index (χ1v) is 10.7. The van der Waals surface area contributed by atoms with E-state index in [2.05, 4.69) is 22.9 Å². The molecule has 0 radical (unpaired) electrons. The van der Waals surface area contributed by atoms with Crippen LogP contribution in [0.4, 0.5) is 4.79 Å². The highest BCUT2D eigenvalue weighted by atomic mass is 79.9. The van der Waals surface area contributed by atoms with E-state index in [9.17, 15) is 14.7 Å². The largest absolute Gasteiger partial charge is 0.462 e. The number of ether oxygens (including phenoxy) is 1. The van der Waals surface area contributed by atoms with Gasteiger partial charge < -0.3 is 14.3 Å². The van der Waals surface area contributed by atoms with Gasteiger partial charge >= 0.3 is 6.09 Å². The normalized spacial score (nSPS) is 18.6. The summed E-state index contributed by atoms with van der Waals surface area (Å²) in [6.45, 7) is 3.84. The molecule has 1 aliphatic heterocycles. The molecule has 6 nitrogen and oxygen atoms in total. The minimum atomic E-state index is -1.15. The molecule has 156 valence electrons. The van der Waals surface area contributed by atoms with Crippen molar-refractivity contribution >= 4 is 27.9 Å². The lowest BCUT2D eigenvalue weighted by Gasteiger charge is -2.25. The summed E-state index contributed by atoms with van der Waals surface area (Å²) >= 11 is 3.45. The predicted molar refractivity (Wildman–Crippen MR) is 111 cm³/mol. The summed E-state index contributed by atoms with van der Waals surface area (Å²) in [6.07, 6.45) is 1.44. The highest BCUT2D eigenvalue weighted by Crippen LogP contribution is 2.32. The van der Waals surface area contributed by atoms with Gasteiger partial charge in [-0.1, -0.05) is 50.6 Å². The fraction of sp³-hybridized carbons (Fsp3) is 0.455. The van der Waals surface area contributed by atoms with Gasteiger partial charge in [-0.2, -0.15) is 0 Å². The fourth-order valence-electron chi connectivity index (χ4n) is 3.45. The van der Waals surface area contributed by atoms with Crippen LogP contribution in [-0.4, -0.2) is 34.7 Å². The van der Waals surface area contributed by atoms with Gasteiger partial charge in [0.2, 0.25) is 5.91 Å². The van der Waals surface area contributed by atoms with E-state index in [1.165, 1.54) is 0 Å². The maximum Gasteiger partial charge on any atom is 0.416 e. The number of imide groups is 1. The Kier molecular flexibility index (Phi) is 7.14. The van der Waals surface area contributed by atoms with Crippen molar-refractivity contribution in [2.45, 2.75) is 51.7 Å². The number of cyclic esters (lactones) is 1. The third-order valence-corrected chi connectivity index (χ3v) is 5.87. The number of rotatable bonds is 8. The number of carbonyl (C=O) groups excluding carboxylic acids is 2. The van der Waals surface area contributed by atoms with Crippen molar-refractivity contribution in [3.05, 3.63) is 58.0 Å². The first-order chi connectivity index (χ1) is 13.9. The highest BCUT2D eigenvalue weighted by molar-refractivity contribution is 9.10. The summed E-state index contributed by atoms with van der Waals surface area (Å²) in [7, 11) is 0. The van der Waals surface area contributed by atoms with Gasteiger partial charge in [0.15, 0.2) is 0 Å². The van der Waals surface area contributed by atoms with Crippen LogP contribution in [0.1, 0.15) is 49.9 Å². The van der Waals surface area contributed by atoms with E-state index >= 15 is 0 Å². The summed E-state index contributed by atoms with van der Waals surface area (Å²) in [5.41, 5.74) is 1.01. The number of aliphatic hydroxyl groups excluding tert-OH is 1. The van der Waals surface area contributed by atoms with Gasteiger partial charge in [-0.05, 0) is 40.4 Å². The zero-order valence-corrected chi connectivity index (χ0v) is 18.2. The molecule has 0 bridgehead atoms. The van der Waals surface area contributed by atoms with Crippen LogP contribution in [0.5, 0.6) is 0 Å². The number of aryl methyl sites for hydroxylation is 1. The fourth-order valence-corrected chi connectivity index (χ4v) is 3.95. The highest BCUT2D eigenvalue weighted by Gasteiger charge is 2.42. The molecule has 7 heteroatoms. The van der Waals surface area contributed by atoms with Gasteiger partial charge in [0.25, 0.3) is 0 Å². The number of unbranched alkanes of at least 4 members (excludes halogenated alkanes) is 1. The van der Waals surface area contributed by atoms with E-state index in [0.29, 0.717) is 12.2 Å². The second kappa shape index (κ2) is 9.59. The van der Waals surface area contributed by atoms with Gasteiger partial charge in [-0.15, -0.1) is 0 Å². The van der Waals surface area contributed by atoms with Crippen LogP contribution in [0.3, 0.4) is 0 Å². The molecule has 3 rings (SSSR count). The van der Waals surface area contributed by atoms with Crippen molar-refractivity contribution in [2.24, 2.45) is 5.92 Å². The van der Waals surface area contributed by atoms with Gasteiger partial charge in [-0.25, -0.2) is 9.69 Å². The molecule has 1 aromatic heterocycles. The summed E-state index contributed by atoms with van der Waals surface area (Å²) in [6, 6.07) is 10.9. The zero-order valence-electron chi connectivity index (χ0n) is 16.6. The third-order valence-electron chi connectivity index (χ3n) is 5.20. The topological polar surface area (TPSA) is 80.0 Å². The monoisotopic (exact) mass is 463 g/mol. The van der Waals surface area contributed by atoms with Crippen molar-refractivity contribution in [1.29, 1.82) is 0 Å². The van der Waals surface area contributed by atoms with Crippen molar-refractivity contribution in [3.8, 4) is 0 Å². The molecule has 1 aliphatic rings. The first-order valence-electron chi connectivity index (χ1n) is 9.92. The van der Waals surface area contributed by atoms with Crippen molar-refractivity contribution in [3.63, 3.8) is 0 Å². The molecule has 1 aromatic carbocycles. The number of amides is 2. The molecule has 1 saturated heterocycles. The first kappa shape index (κ1) is 21.6. The van der Waals surface area contributed by atoms with E-state index in [1.54, 1.807) is 13.0 Å². The number of halogens is 1. The van der Waals surface area contributed by atoms with Crippen LogP contribution in [0, 0.1) is 5.92 Å². The molecule has 1 fully saturated rings. The molecule has 2 aromatic rings. The molecule has 29 heavy (non-hydrogen) atoms. The number of carbonyl (C=O) groups is 2. The molecular weight excluding hydrogens is 438 g/mol. The number of hydrogen-bond donors (Lipinski definition) is 1. The average molecular weight is 464 g/mol. The second-order valence-corrected chi connectivity index (χ2v) is 8.24. The molecule has 3 atom stereocenters. The number of hydrogen-bond acceptors (Lipinski definition) is 5. The van der Waals surface area contributed by atoms with E-state index in [4.69, 9.17) is 9.15 Å². The number of nitrogens with zero attached hydrogens (tertiary/aromatic N) is 1. The Morgan fingerprint density at radius 1 is 1.34 bits per heavy atom. The number of aliphatic hydroxyl groups is 1. The van der Waals surface area contributed by atoms with Crippen LogP contribution in [0.2, 0.25) is 0 Å². The summed E-state index contributed by atoms with van der Waals surface area (Å²) in [5, 5.41) is 10.7. The van der Waals surface area contributed by atoms with Crippen LogP contribution >= 0.6 is 15.9 Å². The lowest BCUT2D eigenvalue weighted by atomic mass is 9.99. The summed E-state index contributed by atoms with van der Waals surface area (Å²) in [5.74, 6) is -0.251. The van der Waals surface area contributed by atoms with E-state index in [1.807, 2.05) is 30.3 Å². The van der Waals surface area contributed by atoms with Gasteiger partial charge in [-0.3, -0.25) is 4.79 Å². The van der Waals surface area contributed by atoms with Gasteiger partial charge in [0, 0.05) is 6.42 Å². The Morgan fingerprint density at radius 3 is 2.76 bits per heavy atom. The van der Waals surface area contributed by atoms with Gasteiger partial charge in [0.05, 0.1) is 16.4 Å². The number of benzene rings is 1. The van der Waals surface area contributed by atoms with E-state index in [0.717, 1.165) is 40.0 Å². The Hall–Kier alpha value is -2.12. The van der Waals surface area contributed by atoms with Crippen molar-refractivity contribution < 1.29 is 23.8 Å². The van der Waals surface area contributed by atoms with Crippen LogP contribution in [0.15, 0.2) is 45.3 Å². The Bertz CT molecular complexity index is 850. The minimum absolute atomic E-state index is 0.149. The number of furan rings is 1. The quantitative estimate of drug-likeness (QED) is 0.616. The Labute approximate surface area is 179 Å². The molecule has 0 saturated carbocycles.